The van der Waals surface area contributed by atoms with Gasteiger partial charge in [0.05, 0.1) is 0 Å². The third-order valence-electron chi connectivity index (χ3n) is 4.44. The predicted molar refractivity (Wildman–Crippen MR) is 77.2 cm³/mol. The third kappa shape index (κ3) is 3.12. The second-order valence-electron chi connectivity index (χ2n) is 5.74. The summed E-state index contributed by atoms with van der Waals surface area (Å²) in [4.78, 5) is 0. The summed E-state index contributed by atoms with van der Waals surface area (Å²) in [6, 6.07) is 7.07. The van der Waals surface area contributed by atoms with Crippen LogP contribution in [0.15, 0.2) is 18.2 Å². The molecule has 1 aliphatic carbocycles. The Morgan fingerprint density at radius 1 is 1.06 bits per heavy atom. The van der Waals surface area contributed by atoms with Gasteiger partial charge < -0.3 is 0 Å². The van der Waals surface area contributed by atoms with Crippen molar-refractivity contribution in [1.82, 2.24) is 5.43 Å². The molecule has 0 saturated heterocycles. The van der Waals surface area contributed by atoms with E-state index < -0.39 is 0 Å². The number of hydrogen-bond acceptors (Lipinski definition) is 2. The van der Waals surface area contributed by atoms with Gasteiger partial charge in [0.15, 0.2) is 0 Å². The van der Waals surface area contributed by atoms with Crippen LogP contribution < -0.4 is 11.3 Å². The van der Waals surface area contributed by atoms with Crippen LogP contribution in [0.25, 0.3) is 0 Å². The fraction of sp³-hybridized carbons (Fsp3) is 0.625. The molecule has 1 aliphatic rings. The highest BCUT2D eigenvalue weighted by molar-refractivity contribution is 5.32. The highest BCUT2D eigenvalue weighted by Crippen LogP contribution is 2.33. The molecule has 1 aromatic rings. The molecule has 3 N–H and O–H groups in total. The quantitative estimate of drug-likeness (QED) is 0.484. The number of hydrazine groups is 1. The Bertz CT molecular complexity index is 379. The minimum atomic E-state index is 0.322. The van der Waals surface area contributed by atoms with Crippen LogP contribution in [0.5, 0.6) is 0 Å². The average molecular weight is 246 g/mol. The van der Waals surface area contributed by atoms with Crippen LogP contribution in [0.1, 0.15) is 61.3 Å². The van der Waals surface area contributed by atoms with Gasteiger partial charge in [-0.05, 0) is 49.3 Å². The summed E-state index contributed by atoms with van der Waals surface area (Å²) >= 11 is 0. The van der Waals surface area contributed by atoms with Crippen molar-refractivity contribution in [1.29, 1.82) is 0 Å². The van der Waals surface area contributed by atoms with Gasteiger partial charge in [0.2, 0.25) is 0 Å². The molecule has 2 nitrogen and oxygen atoms in total. The Morgan fingerprint density at radius 2 is 1.72 bits per heavy atom. The van der Waals surface area contributed by atoms with E-state index >= 15 is 0 Å². The van der Waals surface area contributed by atoms with Gasteiger partial charge >= 0.3 is 0 Å². The van der Waals surface area contributed by atoms with Crippen LogP contribution in [-0.4, -0.2) is 0 Å². The van der Waals surface area contributed by atoms with Crippen LogP contribution in [-0.2, 0) is 0 Å². The zero-order valence-electron chi connectivity index (χ0n) is 11.7. The number of benzene rings is 1. The maximum absolute atomic E-state index is 5.82. The minimum Gasteiger partial charge on any atom is -0.271 e. The molecule has 2 rings (SSSR count). The van der Waals surface area contributed by atoms with Crippen molar-refractivity contribution >= 4 is 0 Å². The van der Waals surface area contributed by atoms with Crippen LogP contribution in [0.2, 0.25) is 0 Å². The summed E-state index contributed by atoms with van der Waals surface area (Å²) in [7, 11) is 0. The fourth-order valence-corrected chi connectivity index (χ4v) is 3.11. The van der Waals surface area contributed by atoms with Gasteiger partial charge in [-0.25, -0.2) is 0 Å². The van der Waals surface area contributed by atoms with E-state index in [0.29, 0.717) is 12.0 Å². The van der Waals surface area contributed by atoms with E-state index in [0.717, 1.165) is 0 Å². The molecule has 1 unspecified atom stereocenters. The van der Waals surface area contributed by atoms with Gasteiger partial charge in [0.25, 0.3) is 0 Å². The van der Waals surface area contributed by atoms with Crippen LogP contribution >= 0.6 is 0 Å². The molecule has 0 aliphatic heterocycles. The average Bonchev–Trinajstić information content (AvgIpc) is 2.64. The largest absolute Gasteiger partial charge is 0.271 e. The Balaban J connectivity index is 2.17. The van der Waals surface area contributed by atoms with Crippen molar-refractivity contribution in [2.24, 2.45) is 11.8 Å². The molecule has 0 heterocycles. The van der Waals surface area contributed by atoms with Gasteiger partial charge in [0.1, 0.15) is 0 Å². The SMILES string of the molecule is Cc1ccc(C(NN)C2CCCCCC2)cc1C. The number of nitrogens with one attached hydrogen (secondary N) is 1. The molecule has 0 amide bonds. The molecule has 2 heteroatoms. The lowest BCUT2D eigenvalue weighted by Gasteiger charge is -2.26. The third-order valence-corrected chi connectivity index (χ3v) is 4.44. The molecular formula is C16H26N2. The Kier molecular flexibility index (Phi) is 4.79. The monoisotopic (exact) mass is 246 g/mol. The fourth-order valence-electron chi connectivity index (χ4n) is 3.11. The van der Waals surface area contributed by atoms with Crippen molar-refractivity contribution in [3.63, 3.8) is 0 Å². The van der Waals surface area contributed by atoms with Crippen molar-refractivity contribution < 1.29 is 0 Å². The van der Waals surface area contributed by atoms with Crippen LogP contribution in [0, 0.1) is 19.8 Å². The van der Waals surface area contributed by atoms with E-state index in [1.54, 1.807) is 0 Å². The first-order valence-corrected chi connectivity index (χ1v) is 7.25. The summed E-state index contributed by atoms with van der Waals surface area (Å²) in [5.74, 6) is 6.52. The van der Waals surface area contributed by atoms with E-state index in [2.05, 4.69) is 37.5 Å². The lowest BCUT2D eigenvalue weighted by Crippen LogP contribution is -2.33. The highest BCUT2D eigenvalue weighted by Gasteiger charge is 2.23. The first-order chi connectivity index (χ1) is 8.72. The number of hydrogen-bond donors (Lipinski definition) is 2. The van der Waals surface area contributed by atoms with E-state index in [1.165, 1.54) is 55.2 Å². The molecule has 18 heavy (non-hydrogen) atoms. The highest BCUT2D eigenvalue weighted by atomic mass is 15.2. The Hall–Kier alpha value is -0.860. The van der Waals surface area contributed by atoms with E-state index in [4.69, 9.17) is 5.84 Å². The van der Waals surface area contributed by atoms with Gasteiger partial charge in [-0.2, -0.15) is 0 Å². The number of aryl methyl sites for hydroxylation is 2. The van der Waals surface area contributed by atoms with Crippen LogP contribution in [0.3, 0.4) is 0 Å². The first-order valence-electron chi connectivity index (χ1n) is 7.25. The molecule has 0 radical (unpaired) electrons. The number of nitrogens with two attached hydrogens (primary N) is 1. The van der Waals surface area contributed by atoms with Gasteiger partial charge in [-0.15, -0.1) is 0 Å². The normalized spacial score (nSPS) is 19.5. The molecule has 1 aromatic carbocycles. The second kappa shape index (κ2) is 6.35. The molecule has 0 spiro atoms. The summed E-state index contributed by atoms with van der Waals surface area (Å²) in [5.41, 5.74) is 7.14. The maximum Gasteiger partial charge on any atom is 0.0488 e. The van der Waals surface area contributed by atoms with Gasteiger partial charge in [-0.1, -0.05) is 43.9 Å². The van der Waals surface area contributed by atoms with E-state index in [1.807, 2.05) is 0 Å². The lowest BCUT2D eigenvalue weighted by molar-refractivity contribution is 0.329. The zero-order chi connectivity index (χ0) is 13.0. The molecule has 1 saturated carbocycles. The predicted octanol–water partition coefficient (Wildman–Crippen LogP) is 3.78. The van der Waals surface area contributed by atoms with Crippen molar-refractivity contribution in [3.8, 4) is 0 Å². The molecule has 100 valence electrons. The second-order valence-corrected chi connectivity index (χ2v) is 5.74. The minimum absolute atomic E-state index is 0.322. The van der Waals surface area contributed by atoms with E-state index in [9.17, 15) is 0 Å². The summed E-state index contributed by atoms with van der Waals surface area (Å²) < 4.78 is 0. The van der Waals surface area contributed by atoms with Gasteiger partial charge in [-0.3, -0.25) is 11.3 Å². The van der Waals surface area contributed by atoms with Crippen molar-refractivity contribution in [2.75, 3.05) is 0 Å². The molecule has 0 bridgehead atoms. The molecule has 1 atom stereocenters. The topological polar surface area (TPSA) is 38.0 Å². The Morgan fingerprint density at radius 3 is 2.28 bits per heavy atom. The zero-order valence-corrected chi connectivity index (χ0v) is 11.7. The van der Waals surface area contributed by atoms with E-state index in [-0.39, 0.29) is 0 Å². The summed E-state index contributed by atoms with van der Waals surface area (Å²) in [5, 5.41) is 0. The standard InChI is InChI=1S/C16H26N2/c1-12-9-10-15(11-13(12)2)16(18-17)14-7-5-3-4-6-8-14/h9-11,14,16,18H,3-8,17H2,1-2H3. The summed E-state index contributed by atoms with van der Waals surface area (Å²) in [6.45, 7) is 4.34. The van der Waals surface area contributed by atoms with Gasteiger partial charge in [0, 0.05) is 6.04 Å². The molecule has 1 fully saturated rings. The molecule has 0 aromatic heterocycles. The van der Waals surface area contributed by atoms with Crippen molar-refractivity contribution in [3.05, 3.63) is 34.9 Å². The first kappa shape index (κ1) is 13.6. The smallest absolute Gasteiger partial charge is 0.0488 e. The number of rotatable bonds is 3. The summed E-state index contributed by atoms with van der Waals surface area (Å²) in [6.07, 6.45) is 8.10. The van der Waals surface area contributed by atoms with Crippen molar-refractivity contribution in [2.45, 2.75) is 58.4 Å². The lowest BCUT2D eigenvalue weighted by atomic mass is 9.86. The molecular weight excluding hydrogens is 220 g/mol. The van der Waals surface area contributed by atoms with Crippen LogP contribution in [0.4, 0.5) is 0 Å². The Labute approximate surface area is 111 Å². The maximum atomic E-state index is 5.82.